The van der Waals surface area contributed by atoms with Crippen LogP contribution in [0.4, 0.5) is 25.8 Å². The number of amides is 2. The Kier molecular flexibility index (Phi) is 5.12. The first kappa shape index (κ1) is 18.8. The molecule has 1 fully saturated rings. The molecule has 7 heteroatoms. The highest BCUT2D eigenvalue weighted by Crippen LogP contribution is 2.28. The molecule has 2 amide bonds. The average Bonchev–Trinajstić information content (AvgIpc) is 2.97. The molecule has 5 nitrogen and oxygen atoms in total. The summed E-state index contributed by atoms with van der Waals surface area (Å²) in [4.78, 5) is 28.1. The molecule has 0 bridgehead atoms. The van der Waals surface area contributed by atoms with Crippen molar-refractivity contribution in [2.24, 2.45) is 5.92 Å². The number of carbonyl (C=O) groups is 2. The maximum Gasteiger partial charge on any atom is 0.229 e. The number of hydrogen-bond acceptors (Lipinski definition) is 3. The highest BCUT2D eigenvalue weighted by Gasteiger charge is 2.35. The Balaban J connectivity index is 1.72. The summed E-state index contributed by atoms with van der Waals surface area (Å²) in [5.74, 6) is -2.73. The number of halogens is 2. The van der Waals surface area contributed by atoms with E-state index >= 15 is 0 Å². The smallest absolute Gasteiger partial charge is 0.229 e. The second kappa shape index (κ2) is 7.34. The molecule has 2 aromatic carbocycles. The predicted octanol–water partition coefficient (Wildman–Crippen LogP) is 3.33. The minimum absolute atomic E-state index is 0.00120. The van der Waals surface area contributed by atoms with Gasteiger partial charge in [0.1, 0.15) is 11.6 Å². The van der Waals surface area contributed by atoms with Gasteiger partial charge in [-0.15, -0.1) is 0 Å². The lowest BCUT2D eigenvalue weighted by atomic mass is 10.1. The van der Waals surface area contributed by atoms with Gasteiger partial charge in [0.15, 0.2) is 0 Å². The van der Waals surface area contributed by atoms with E-state index in [-0.39, 0.29) is 30.5 Å². The molecule has 3 rings (SSSR count). The van der Waals surface area contributed by atoms with Crippen LogP contribution in [0.15, 0.2) is 36.4 Å². The first-order chi connectivity index (χ1) is 12.7. The molecule has 0 aromatic heterocycles. The summed E-state index contributed by atoms with van der Waals surface area (Å²) < 4.78 is 26.8. The lowest BCUT2D eigenvalue weighted by molar-refractivity contribution is -0.122. The summed E-state index contributed by atoms with van der Waals surface area (Å²) in [6, 6.07) is 8.59. The second-order valence-electron chi connectivity index (χ2n) is 6.92. The first-order valence-corrected chi connectivity index (χ1v) is 8.60. The predicted molar refractivity (Wildman–Crippen MR) is 101 cm³/mol. The van der Waals surface area contributed by atoms with Gasteiger partial charge in [0.25, 0.3) is 0 Å². The van der Waals surface area contributed by atoms with E-state index in [0.29, 0.717) is 5.69 Å². The monoisotopic (exact) mass is 373 g/mol. The van der Waals surface area contributed by atoms with Gasteiger partial charge in [-0.2, -0.15) is 0 Å². The highest BCUT2D eigenvalue weighted by atomic mass is 19.1. The molecule has 1 heterocycles. The van der Waals surface area contributed by atoms with Crippen molar-refractivity contribution in [3.05, 3.63) is 53.6 Å². The van der Waals surface area contributed by atoms with Gasteiger partial charge in [-0.3, -0.25) is 9.59 Å². The molecule has 1 aliphatic rings. The lowest BCUT2D eigenvalue weighted by Crippen LogP contribution is -2.28. The number of nitrogens with one attached hydrogen (secondary N) is 1. The van der Waals surface area contributed by atoms with Gasteiger partial charge in [0.05, 0.1) is 5.92 Å². The Hall–Kier alpha value is -2.96. The molecular weight excluding hydrogens is 352 g/mol. The first-order valence-electron chi connectivity index (χ1n) is 8.60. The number of anilines is 3. The largest absolute Gasteiger partial charge is 0.378 e. The molecular formula is C20H21F2N3O2. The quantitative estimate of drug-likeness (QED) is 0.894. The number of hydrogen-bond donors (Lipinski definition) is 1. The van der Waals surface area contributed by atoms with Gasteiger partial charge >= 0.3 is 0 Å². The van der Waals surface area contributed by atoms with E-state index in [4.69, 9.17) is 0 Å². The van der Waals surface area contributed by atoms with Crippen molar-refractivity contribution in [1.82, 2.24) is 0 Å². The zero-order chi connectivity index (χ0) is 19.7. The molecule has 0 aliphatic carbocycles. The fraction of sp³-hybridized carbons (Fsp3) is 0.300. The van der Waals surface area contributed by atoms with E-state index < -0.39 is 17.6 Å². The van der Waals surface area contributed by atoms with Crippen LogP contribution in [-0.4, -0.2) is 32.5 Å². The lowest BCUT2D eigenvalue weighted by Gasteiger charge is -2.18. The van der Waals surface area contributed by atoms with E-state index in [0.717, 1.165) is 29.4 Å². The van der Waals surface area contributed by atoms with Crippen molar-refractivity contribution in [3.63, 3.8) is 0 Å². The van der Waals surface area contributed by atoms with Crippen LogP contribution in [0.5, 0.6) is 0 Å². The van der Waals surface area contributed by atoms with Crippen LogP contribution < -0.4 is 15.1 Å². The van der Waals surface area contributed by atoms with E-state index in [1.807, 2.05) is 44.1 Å². The van der Waals surface area contributed by atoms with Crippen LogP contribution in [0.25, 0.3) is 0 Å². The third kappa shape index (κ3) is 4.07. The zero-order valence-corrected chi connectivity index (χ0v) is 15.4. The van der Waals surface area contributed by atoms with E-state index in [1.165, 1.54) is 4.90 Å². The standard InChI is InChI=1S/C20H21F2N3O2/c1-12-6-16(24(2)3)4-5-18(12)23-20(27)13-7-19(26)25(11-13)17-9-14(21)8-15(22)10-17/h4-6,8-10,13H,7,11H2,1-3H3,(H,23,27). The van der Waals surface area contributed by atoms with Crippen LogP contribution in [0, 0.1) is 24.5 Å². The van der Waals surface area contributed by atoms with Gasteiger partial charge in [-0.05, 0) is 42.8 Å². The van der Waals surface area contributed by atoms with Crippen LogP contribution in [0.2, 0.25) is 0 Å². The number of nitrogens with zero attached hydrogens (tertiary/aromatic N) is 2. The summed E-state index contributed by atoms with van der Waals surface area (Å²) in [6.07, 6.45) is -0.00120. The molecule has 27 heavy (non-hydrogen) atoms. The summed E-state index contributed by atoms with van der Waals surface area (Å²) in [7, 11) is 3.86. The highest BCUT2D eigenvalue weighted by molar-refractivity contribution is 6.03. The number of rotatable bonds is 4. The van der Waals surface area contributed by atoms with Gasteiger partial charge in [-0.1, -0.05) is 0 Å². The molecule has 2 aromatic rings. The van der Waals surface area contributed by atoms with Crippen LogP contribution in [-0.2, 0) is 9.59 Å². The zero-order valence-electron chi connectivity index (χ0n) is 15.4. The molecule has 1 saturated heterocycles. The topological polar surface area (TPSA) is 52.7 Å². The molecule has 142 valence electrons. The molecule has 0 saturated carbocycles. The Bertz CT molecular complexity index is 879. The minimum atomic E-state index is -0.762. The van der Waals surface area contributed by atoms with Crippen molar-refractivity contribution in [2.45, 2.75) is 13.3 Å². The Morgan fingerprint density at radius 3 is 2.41 bits per heavy atom. The number of benzene rings is 2. The van der Waals surface area contributed by atoms with Gasteiger partial charge in [-0.25, -0.2) is 8.78 Å². The minimum Gasteiger partial charge on any atom is -0.378 e. The number of aryl methyl sites for hydroxylation is 1. The molecule has 0 spiro atoms. The normalized spacial score (nSPS) is 16.6. The van der Waals surface area contributed by atoms with Crippen LogP contribution in [0.1, 0.15) is 12.0 Å². The maximum atomic E-state index is 13.4. The van der Waals surface area contributed by atoms with Crippen molar-refractivity contribution in [2.75, 3.05) is 35.8 Å². The van der Waals surface area contributed by atoms with Gasteiger partial charge in [0.2, 0.25) is 11.8 Å². The Labute approximate surface area is 156 Å². The fourth-order valence-electron chi connectivity index (χ4n) is 3.13. The van der Waals surface area contributed by atoms with Gasteiger partial charge < -0.3 is 15.1 Å². The second-order valence-corrected chi connectivity index (χ2v) is 6.92. The molecule has 1 unspecified atom stereocenters. The van der Waals surface area contributed by atoms with Crippen molar-refractivity contribution in [1.29, 1.82) is 0 Å². The third-order valence-electron chi connectivity index (χ3n) is 4.64. The summed E-state index contributed by atoms with van der Waals surface area (Å²) in [5, 5.41) is 2.85. The molecule has 1 aliphatic heterocycles. The van der Waals surface area contributed by atoms with E-state index in [9.17, 15) is 18.4 Å². The Morgan fingerprint density at radius 1 is 1.15 bits per heavy atom. The third-order valence-corrected chi connectivity index (χ3v) is 4.64. The fourth-order valence-corrected chi connectivity index (χ4v) is 3.13. The SMILES string of the molecule is Cc1cc(N(C)C)ccc1NC(=O)C1CC(=O)N(c2cc(F)cc(F)c2)C1. The van der Waals surface area contributed by atoms with E-state index in [2.05, 4.69) is 5.32 Å². The van der Waals surface area contributed by atoms with Crippen LogP contribution in [0.3, 0.4) is 0 Å². The van der Waals surface area contributed by atoms with Crippen molar-refractivity contribution in [3.8, 4) is 0 Å². The average molecular weight is 373 g/mol. The summed E-state index contributed by atoms with van der Waals surface area (Å²) in [5.41, 5.74) is 2.72. The van der Waals surface area contributed by atoms with Gasteiger partial charge in [0, 0.05) is 50.2 Å². The molecule has 1 N–H and O–H groups in total. The summed E-state index contributed by atoms with van der Waals surface area (Å²) >= 11 is 0. The van der Waals surface area contributed by atoms with Crippen LogP contribution >= 0.6 is 0 Å². The number of carbonyl (C=O) groups excluding carboxylic acids is 2. The van der Waals surface area contributed by atoms with Crippen molar-refractivity contribution < 1.29 is 18.4 Å². The van der Waals surface area contributed by atoms with Crippen molar-refractivity contribution >= 4 is 28.9 Å². The Morgan fingerprint density at radius 2 is 1.81 bits per heavy atom. The van der Waals surface area contributed by atoms with E-state index in [1.54, 1.807) is 0 Å². The molecule has 1 atom stereocenters. The summed E-state index contributed by atoms with van der Waals surface area (Å²) in [6.45, 7) is 1.98. The molecule has 0 radical (unpaired) electrons. The maximum absolute atomic E-state index is 13.4.